The molecule has 2 rings (SSSR count). The fourth-order valence-corrected chi connectivity index (χ4v) is 6.80. The van der Waals surface area contributed by atoms with E-state index in [1.54, 1.807) is 32.9 Å². The topological polar surface area (TPSA) is 175 Å². The summed E-state index contributed by atoms with van der Waals surface area (Å²) in [6.07, 6.45) is 7.06. The minimum Gasteiger partial charge on any atom is -0.459 e. The molecule has 12 atom stereocenters. The average Bonchev–Trinajstić information content (AvgIpc) is 3.04. The zero-order valence-corrected chi connectivity index (χ0v) is 30.8. The van der Waals surface area contributed by atoms with Crippen LogP contribution in [0.5, 0.6) is 0 Å². The monoisotopic (exact) mass is 689 g/mol. The maximum Gasteiger partial charge on any atom is 0.334 e. The maximum absolute atomic E-state index is 13.5. The van der Waals surface area contributed by atoms with Crippen LogP contribution < -0.4 is 5.73 Å². The van der Waals surface area contributed by atoms with Gasteiger partial charge in [0.05, 0.1) is 18.3 Å². The Bertz CT molecular complexity index is 1300. The highest BCUT2D eigenvalue weighted by Gasteiger charge is 2.52. The van der Waals surface area contributed by atoms with Gasteiger partial charge in [0, 0.05) is 54.9 Å². The average molecular weight is 690 g/mol. The molecule has 0 aromatic rings. The number of methoxy groups -OCH3 is 1. The third kappa shape index (κ3) is 11.7. The van der Waals surface area contributed by atoms with E-state index < -0.39 is 72.1 Å². The van der Waals surface area contributed by atoms with Crippen molar-refractivity contribution in [2.24, 2.45) is 35.3 Å². The highest BCUT2D eigenvalue weighted by atomic mass is 16.6. The molecular formula is C38H59NO10. The third-order valence-corrected chi connectivity index (χ3v) is 9.93. The van der Waals surface area contributed by atoms with Crippen molar-refractivity contribution in [3.63, 3.8) is 0 Å². The van der Waals surface area contributed by atoms with Crippen LogP contribution in [0.2, 0.25) is 0 Å². The molecule has 2 aliphatic heterocycles. The molecule has 49 heavy (non-hydrogen) atoms. The molecule has 0 unspecified atom stereocenters. The summed E-state index contributed by atoms with van der Waals surface area (Å²) in [4.78, 5) is 37.1. The van der Waals surface area contributed by atoms with Crippen LogP contribution >= 0.6 is 0 Å². The second-order valence-electron chi connectivity index (χ2n) is 14.1. The van der Waals surface area contributed by atoms with Crippen molar-refractivity contribution < 1.29 is 48.7 Å². The Hall–Kier alpha value is -3.09. The van der Waals surface area contributed by atoms with Gasteiger partial charge in [-0.1, -0.05) is 77.0 Å². The lowest BCUT2D eigenvalue weighted by Gasteiger charge is -2.49. The summed E-state index contributed by atoms with van der Waals surface area (Å²) in [6, 6.07) is 0. The van der Waals surface area contributed by atoms with Gasteiger partial charge < -0.3 is 40.0 Å². The lowest BCUT2D eigenvalue weighted by Crippen LogP contribution is -2.58. The summed E-state index contributed by atoms with van der Waals surface area (Å²) in [5.41, 5.74) is 7.27. The van der Waals surface area contributed by atoms with Gasteiger partial charge in [-0.2, -0.15) is 0 Å². The first-order valence-corrected chi connectivity index (χ1v) is 17.2. The molecule has 11 nitrogen and oxygen atoms in total. The van der Waals surface area contributed by atoms with Crippen molar-refractivity contribution in [2.75, 3.05) is 7.11 Å². The van der Waals surface area contributed by atoms with E-state index >= 15 is 0 Å². The number of primary amides is 1. The Balaban J connectivity index is 2.48. The summed E-state index contributed by atoms with van der Waals surface area (Å²) in [5.74, 6) is -6.28. The SMILES string of the molecule is CC[C@H]1O[C@@](O)([C@@H](C)[C@@H](O)[C@H](C)[C@H]2OC(=O)/C(C)=C\C(C)=C/[C@@H](C)[C@@H](O)[C@@H](C)C/C(C)=C\C=C/[C@@H]2OC)C[C@@H](OC(=O)/C=C/C(N)=O)[C@H]1C. The summed E-state index contributed by atoms with van der Waals surface area (Å²) in [5, 5.41) is 34.7. The number of carbonyl (C=O) groups is 3. The van der Waals surface area contributed by atoms with Crippen LogP contribution in [0.1, 0.15) is 81.6 Å². The van der Waals surface area contributed by atoms with E-state index in [0.29, 0.717) is 18.4 Å². The number of hydrogen-bond acceptors (Lipinski definition) is 10. The van der Waals surface area contributed by atoms with Gasteiger partial charge in [0.2, 0.25) is 5.91 Å². The number of aliphatic hydroxyl groups is 3. The fourth-order valence-electron chi connectivity index (χ4n) is 6.80. The van der Waals surface area contributed by atoms with E-state index in [1.807, 2.05) is 59.8 Å². The van der Waals surface area contributed by atoms with E-state index in [0.717, 1.165) is 23.3 Å². The molecule has 1 saturated heterocycles. The number of hydrogen-bond donors (Lipinski definition) is 4. The van der Waals surface area contributed by atoms with Crippen molar-refractivity contribution in [2.45, 2.75) is 124 Å². The van der Waals surface area contributed by atoms with E-state index in [9.17, 15) is 29.7 Å². The summed E-state index contributed by atoms with van der Waals surface area (Å²) in [7, 11) is 1.49. The van der Waals surface area contributed by atoms with Gasteiger partial charge in [-0.25, -0.2) is 9.59 Å². The molecule has 2 aliphatic rings. The molecule has 0 radical (unpaired) electrons. The van der Waals surface area contributed by atoms with Crippen LogP contribution in [0, 0.1) is 29.6 Å². The van der Waals surface area contributed by atoms with E-state index in [4.69, 9.17) is 24.7 Å². The Morgan fingerprint density at radius 3 is 2.41 bits per heavy atom. The molecule has 0 aromatic carbocycles. The molecular weight excluding hydrogens is 630 g/mol. The largest absolute Gasteiger partial charge is 0.459 e. The lowest BCUT2D eigenvalue weighted by atomic mass is 9.77. The zero-order valence-electron chi connectivity index (χ0n) is 30.8. The second-order valence-corrected chi connectivity index (χ2v) is 14.1. The van der Waals surface area contributed by atoms with E-state index in [2.05, 4.69) is 0 Å². The summed E-state index contributed by atoms with van der Waals surface area (Å²) >= 11 is 0. The number of rotatable bonds is 9. The van der Waals surface area contributed by atoms with E-state index in [1.165, 1.54) is 7.11 Å². The van der Waals surface area contributed by atoms with Gasteiger partial charge in [0.1, 0.15) is 18.3 Å². The first kappa shape index (κ1) is 42.1. The lowest BCUT2D eigenvalue weighted by molar-refractivity contribution is -0.323. The summed E-state index contributed by atoms with van der Waals surface area (Å²) < 4.78 is 23.7. The molecule has 0 aromatic heterocycles. The van der Waals surface area contributed by atoms with Crippen LogP contribution in [-0.2, 0) is 33.3 Å². The van der Waals surface area contributed by atoms with Crippen molar-refractivity contribution in [1.29, 1.82) is 0 Å². The molecule has 5 N–H and O–H groups in total. The van der Waals surface area contributed by atoms with Crippen LogP contribution in [0.3, 0.4) is 0 Å². The molecule has 2 heterocycles. The standard InChI is InChI=1S/C38H59NO10/c1-11-29-26(7)31(47-33(41)16-15-32(39)40)20-38(45,49-29)28(9)35(43)27(8)36-30(46-10)14-12-13-21(2)17-23(4)34(42)24(5)18-22(3)19-25(6)37(44)48-36/h12-16,18-19,23-24,26-31,34-36,42-43,45H,11,17,20H2,1-10H3,(H2,39,40)/b14-12-,16-15+,21-13-,22-18-,25-19-/t23-,24+,26-,27-,28-,29+,30-,31+,34-,35-,36+,38+/m0/s1. The number of cyclic esters (lactones) is 1. The number of ether oxygens (including phenoxy) is 4. The zero-order chi connectivity index (χ0) is 37.2. The number of allylic oxidation sites excluding steroid dienone is 5. The van der Waals surface area contributed by atoms with Crippen LogP contribution in [-0.4, -0.2) is 82.7 Å². The normalized spacial score (nSPS) is 38.1. The Labute approximate surface area is 291 Å². The van der Waals surface area contributed by atoms with Gasteiger partial charge in [-0.15, -0.1) is 0 Å². The molecule has 0 spiro atoms. The van der Waals surface area contributed by atoms with Crippen molar-refractivity contribution >= 4 is 17.8 Å². The van der Waals surface area contributed by atoms with Gasteiger partial charge >= 0.3 is 11.9 Å². The van der Waals surface area contributed by atoms with Crippen LogP contribution in [0.4, 0.5) is 0 Å². The minimum absolute atomic E-state index is 0.00731. The van der Waals surface area contributed by atoms with Gasteiger partial charge in [-0.3, -0.25) is 4.79 Å². The van der Waals surface area contributed by atoms with Crippen molar-refractivity contribution in [3.05, 3.63) is 59.3 Å². The molecule has 0 aliphatic carbocycles. The fraction of sp³-hybridized carbons (Fsp3) is 0.658. The van der Waals surface area contributed by atoms with Crippen molar-refractivity contribution in [3.8, 4) is 0 Å². The number of aliphatic hydroxyl groups excluding tert-OH is 2. The number of amides is 1. The maximum atomic E-state index is 13.5. The molecule has 1 fully saturated rings. The highest BCUT2D eigenvalue weighted by Crippen LogP contribution is 2.41. The predicted molar refractivity (Wildman–Crippen MR) is 186 cm³/mol. The first-order valence-electron chi connectivity index (χ1n) is 17.2. The molecule has 276 valence electrons. The Morgan fingerprint density at radius 1 is 1.16 bits per heavy atom. The Morgan fingerprint density at radius 2 is 1.82 bits per heavy atom. The smallest absolute Gasteiger partial charge is 0.334 e. The quantitative estimate of drug-likeness (QED) is 0.200. The van der Waals surface area contributed by atoms with Gasteiger partial charge in [-0.05, 0) is 45.6 Å². The van der Waals surface area contributed by atoms with E-state index in [-0.39, 0.29) is 24.2 Å². The first-order chi connectivity index (χ1) is 22.8. The number of carbonyl (C=O) groups excluding carboxylic acids is 3. The van der Waals surface area contributed by atoms with Gasteiger partial charge in [0.15, 0.2) is 5.79 Å². The number of nitrogens with two attached hydrogens (primary N) is 1. The molecule has 11 heteroatoms. The Kier molecular flexibility index (Phi) is 16.1. The highest BCUT2D eigenvalue weighted by molar-refractivity contribution is 5.93. The minimum atomic E-state index is -1.92. The molecule has 0 saturated carbocycles. The second kappa shape index (κ2) is 18.8. The predicted octanol–water partition coefficient (Wildman–Crippen LogP) is 4.46. The van der Waals surface area contributed by atoms with Crippen LogP contribution in [0.15, 0.2) is 59.3 Å². The van der Waals surface area contributed by atoms with Crippen LogP contribution in [0.25, 0.3) is 0 Å². The van der Waals surface area contributed by atoms with Gasteiger partial charge in [0.25, 0.3) is 0 Å². The number of esters is 2. The summed E-state index contributed by atoms with van der Waals surface area (Å²) in [6.45, 7) is 16.5. The molecule has 0 bridgehead atoms. The molecule has 1 amide bonds. The third-order valence-electron chi connectivity index (χ3n) is 9.93. The van der Waals surface area contributed by atoms with Crippen molar-refractivity contribution in [1.82, 2.24) is 0 Å².